The van der Waals surface area contributed by atoms with Crippen molar-refractivity contribution in [2.24, 2.45) is 5.73 Å². The van der Waals surface area contributed by atoms with Gasteiger partial charge >= 0.3 is 0 Å². The first kappa shape index (κ1) is 15.9. The minimum Gasteiger partial charge on any atom is -0.395 e. The summed E-state index contributed by atoms with van der Waals surface area (Å²) < 4.78 is 26.7. The Labute approximate surface area is 125 Å². The summed E-state index contributed by atoms with van der Waals surface area (Å²) in [6, 6.07) is 1.47. The summed E-state index contributed by atoms with van der Waals surface area (Å²) in [6.07, 6.45) is 5.49. The lowest BCUT2D eigenvalue weighted by Gasteiger charge is -2.36. The van der Waals surface area contributed by atoms with Crippen LogP contribution in [0.2, 0.25) is 0 Å². The van der Waals surface area contributed by atoms with Gasteiger partial charge in [-0.2, -0.15) is 4.31 Å². The van der Waals surface area contributed by atoms with Crippen LogP contribution in [-0.4, -0.2) is 48.6 Å². The van der Waals surface area contributed by atoms with Gasteiger partial charge in [0.25, 0.3) is 0 Å². The standard InChI is InChI=1S/C14H19N3O3S/c15-6-2-3-12-9-14(11-16-10-12)21(19,20)17(7-8-18)13-4-1-5-13/h9-11,13,18H,1,4-8,15H2. The number of nitrogens with two attached hydrogens (primary N) is 1. The third-order valence-corrected chi connectivity index (χ3v) is 5.37. The number of hydrogen-bond acceptors (Lipinski definition) is 5. The van der Waals surface area contributed by atoms with E-state index in [1.54, 1.807) is 0 Å². The van der Waals surface area contributed by atoms with Gasteiger partial charge in [-0.3, -0.25) is 4.98 Å². The molecule has 0 saturated heterocycles. The molecule has 0 radical (unpaired) electrons. The van der Waals surface area contributed by atoms with Crippen molar-refractivity contribution in [1.29, 1.82) is 0 Å². The van der Waals surface area contributed by atoms with Gasteiger partial charge < -0.3 is 10.8 Å². The fraction of sp³-hybridized carbons (Fsp3) is 0.500. The normalized spacial score (nSPS) is 15.4. The first-order valence-corrected chi connectivity index (χ1v) is 8.30. The summed E-state index contributed by atoms with van der Waals surface area (Å²) in [4.78, 5) is 4.04. The van der Waals surface area contributed by atoms with E-state index >= 15 is 0 Å². The lowest BCUT2D eigenvalue weighted by Crippen LogP contribution is -2.45. The molecule has 1 fully saturated rings. The molecule has 0 unspecified atom stereocenters. The fourth-order valence-electron chi connectivity index (χ4n) is 2.19. The number of aromatic nitrogens is 1. The third kappa shape index (κ3) is 3.60. The van der Waals surface area contributed by atoms with E-state index in [0.717, 1.165) is 19.3 Å². The molecule has 0 bridgehead atoms. The van der Waals surface area contributed by atoms with E-state index in [2.05, 4.69) is 16.8 Å². The van der Waals surface area contributed by atoms with Crippen LogP contribution >= 0.6 is 0 Å². The zero-order valence-electron chi connectivity index (χ0n) is 11.7. The maximum absolute atomic E-state index is 12.7. The number of sulfonamides is 1. The lowest BCUT2D eigenvalue weighted by atomic mass is 9.93. The molecule has 3 N–H and O–H groups in total. The highest BCUT2D eigenvalue weighted by Gasteiger charge is 2.34. The van der Waals surface area contributed by atoms with Gasteiger partial charge in [0, 0.05) is 30.5 Å². The Morgan fingerprint density at radius 1 is 1.43 bits per heavy atom. The molecule has 7 heteroatoms. The third-order valence-electron chi connectivity index (χ3n) is 3.46. The van der Waals surface area contributed by atoms with Gasteiger partial charge in [-0.05, 0) is 18.9 Å². The topological polar surface area (TPSA) is 96.5 Å². The van der Waals surface area contributed by atoms with E-state index < -0.39 is 10.0 Å². The molecule has 1 aliphatic carbocycles. The predicted octanol–water partition coefficient (Wildman–Crippen LogP) is -0.0727. The smallest absolute Gasteiger partial charge is 0.244 e. The van der Waals surface area contributed by atoms with E-state index in [0.29, 0.717) is 5.56 Å². The zero-order chi connectivity index (χ0) is 15.3. The first-order chi connectivity index (χ1) is 10.1. The summed E-state index contributed by atoms with van der Waals surface area (Å²) in [6.45, 7) is 0.108. The zero-order valence-corrected chi connectivity index (χ0v) is 12.5. The molecule has 21 heavy (non-hydrogen) atoms. The molecule has 1 aromatic heterocycles. The van der Waals surface area contributed by atoms with Gasteiger partial charge in [0.15, 0.2) is 0 Å². The van der Waals surface area contributed by atoms with Gasteiger partial charge in [0.1, 0.15) is 4.90 Å². The molecular formula is C14H19N3O3S. The largest absolute Gasteiger partial charge is 0.395 e. The van der Waals surface area contributed by atoms with Crippen molar-refractivity contribution >= 4 is 10.0 Å². The second kappa shape index (κ2) is 7.00. The Bertz CT molecular complexity index is 645. The van der Waals surface area contributed by atoms with E-state index in [-0.39, 0.29) is 30.6 Å². The number of aliphatic hydroxyl groups excluding tert-OH is 1. The van der Waals surface area contributed by atoms with Crippen LogP contribution in [0.15, 0.2) is 23.4 Å². The van der Waals surface area contributed by atoms with E-state index in [9.17, 15) is 8.42 Å². The molecule has 1 saturated carbocycles. The van der Waals surface area contributed by atoms with E-state index in [1.165, 1.54) is 22.8 Å². The Morgan fingerprint density at radius 3 is 2.76 bits per heavy atom. The molecular weight excluding hydrogens is 290 g/mol. The van der Waals surface area contributed by atoms with Crippen molar-refractivity contribution in [3.8, 4) is 11.8 Å². The summed E-state index contributed by atoms with van der Waals surface area (Å²) in [5, 5.41) is 9.13. The fourth-order valence-corrected chi connectivity index (χ4v) is 3.86. The molecule has 0 aromatic carbocycles. The highest BCUT2D eigenvalue weighted by molar-refractivity contribution is 7.89. The number of hydrogen-bond donors (Lipinski definition) is 2. The summed E-state index contributed by atoms with van der Waals surface area (Å²) >= 11 is 0. The van der Waals surface area contributed by atoms with Crippen LogP contribution in [0.1, 0.15) is 24.8 Å². The highest BCUT2D eigenvalue weighted by atomic mass is 32.2. The number of pyridine rings is 1. The van der Waals surface area contributed by atoms with Crippen LogP contribution in [0.3, 0.4) is 0 Å². The van der Waals surface area contributed by atoms with Crippen molar-refractivity contribution in [3.05, 3.63) is 24.0 Å². The first-order valence-electron chi connectivity index (χ1n) is 6.86. The average molecular weight is 309 g/mol. The van der Waals surface area contributed by atoms with Gasteiger partial charge in [-0.1, -0.05) is 18.3 Å². The monoisotopic (exact) mass is 309 g/mol. The van der Waals surface area contributed by atoms with Crippen molar-refractivity contribution in [2.45, 2.75) is 30.2 Å². The number of nitrogens with zero attached hydrogens (tertiary/aromatic N) is 2. The van der Waals surface area contributed by atoms with E-state index in [4.69, 9.17) is 10.8 Å². The molecule has 6 nitrogen and oxygen atoms in total. The average Bonchev–Trinajstić information content (AvgIpc) is 2.43. The molecule has 0 aliphatic heterocycles. The van der Waals surface area contributed by atoms with Crippen LogP contribution in [0.25, 0.3) is 0 Å². The molecule has 2 rings (SSSR count). The second-order valence-electron chi connectivity index (χ2n) is 4.84. The lowest BCUT2D eigenvalue weighted by molar-refractivity contribution is 0.178. The molecule has 0 amide bonds. The number of aliphatic hydroxyl groups is 1. The summed E-state index contributed by atoms with van der Waals surface area (Å²) in [5.74, 6) is 5.45. The quantitative estimate of drug-likeness (QED) is 0.742. The van der Waals surface area contributed by atoms with Crippen LogP contribution < -0.4 is 5.73 Å². The Morgan fingerprint density at radius 2 is 2.19 bits per heavy atom. The molecule has 1 aliphatic rings. The van der Waals surface area contributed by atoms with Crippen LogP contribution in [0, 0.1) is 11.8 Å². The summed E-state index contributed by atoms with van der Waals surface area (Å²) in [5.41, 5.74) is 5.82. The summed E-state index contributed by atoms with van der Waals surface area (Å²) in [7, 11) is -3.66. The van der Waals surface area contributed by atoms with Gasteiger partial charge in [-0.25, -0.2) is 8.42 Å². The Hall–Kier alpha value is -1.46. The molecule has 1 aromatic rings. The maximum atomic E-state index is 12.7. The van der Waals surface area contributed by atoms with Gasteiger partial charge in [0.05, 0.1) is 13.2 Å². The molecule has 0 spiro atoms. The Balaban J connectivity index is 2.32. The van der Waals surface area contributed by atoms with Crippen molar-refractivity contribution < 1.29 is 13.5 Å². The maximum Gasteiger partial charge on any atom is 0.244 e. The molecule has 1 heterocycles. The van der Waals surface area contributed by atoms with Crippen molar-refractivity contribution in [2.75, 3.05) is 19.7 Å². The van der Waals surface area contributed by atoms with Gasteiger partial charge in [-0.15, -0.1) is 0 Å². The Kier molecular flexibility index (Phi) is 5.31. The molecule has 114 valence electrons. The van der Waals surface area contributed by atoms with Crippen LogP contribution in [0.5, 0.6) is 0 Å². The van der Waals surface area contributed by atoms with E-state index in [1.807, 2.05) is 0 Å². The molecule has 0 atom stereocenters. The minimum atomic E-state index is -3.66. The van der Waals surface area contributed by atoms with Crippen LogP contribution in [0.4, 0.5) is 0 Å². The SMILES string of the molecule is NCC#Cc1cncc(S(=O)(=O)N(CCO)C2CCC2)c1. The minimum absolute atomic E-state index is 0.0269. The number of rotatable bonds is 5. The second-order valence-corrected chi connectivity index (χ2v) is 6.73. The van der Waals surface area contributed by atoms with Crippen molar-refractivity contribution in [1.82, 2.24) is 9.29 Å². The van der Waals surface area contributed by atoms with Crippen LogP contribution in [-0.2, 0) is 10.0 Å². The highest BCUT2D eigenvalue weighted by Crippen LogP contribution is 2.29. The van der Waals surface area contributed by atoms with Gasteiger partial charge in [0.2, 0.25) is 10.0 Å². The van der Waals surface area contributed by atoms with Crippen molar-refractivity contribution in [3.63, 3.8) is 0 Å². The predicted molar refractivity (Wildman–Crippen MR) is 78.8 cm³/mol.